The predicted octanol–water partition coefficient (Wildman–Crippen LogP) is 2.86. The molecule has 0 radical (unpaired) electrons. The Morgan fingerprint density at radius 1 is 0.885 bits per heavy atom. The Balaban J connectivity index is 1.83. The van der Waals surface area contributed by atoms with Crippen LogP contribution in [0.4, 0.5) is 4.39 Å². The second-order valence-electron chi connectivity index (χ2n) is 5.36. The molecule has 26 heavy (non-hydrogen) atoms. The van der Waals surface area contributed by atoms with Crippen molar-refractivity contribution in [2.75, 3.05) is 0 Å². The number of ether oxygens (including phenoxy) is 2. The van der Waals surface area contributed by atoms with E-state index in [1.54, 1.807) is 30.3 Å². The van der Waals surface area contributed by atoms with Gasteiger partial charge in [0.2, 0.25) is 0 Å². The highest BCUT2D eigenvalue weighted by molar-refractivity contribution is 6.32. The molecule has 2 atom stereocenters. The normalized spacial score (nSPS) is 12.6. The number of halogens is 2. The lowest BCUT2D eigenvalue weighted by atomic mass is 10.3. The number of hydrogen-bond acceptors (Lipinski definition) is 4. The number of carbonyl (C=O) groups is 2. The number of hydrogen-bond donors (Lipinski definition) is 2. The first-order valence-electron chi connectivity index (χ1n) is 7.80. The quantitative estimate of drug-likeness (QED) is 0.755. The average molecular weight is 381 g/mol. The second kappa shape index (κ2) is 9.05. The lowest BCUT2D eigenvalue weighted by Gasteiger charge is -2.18. The summed E-state index contributed by atoms with van der Waals surface area (Å²) in [5, 5.41) is 0.364. The van der Waals surface area contributed by atoms with Gasteiger partial charge in [-0.2, -0.15) is 0 Å². The van der Waals surface area contributed by atoms with Crippen LogP contribution in [0.5, 0.6) is 11.5 Å². The zero-order valence-electron chi connectivity index (χ0n) is 14.2. The fourth-order valence-corrected chi connectivity index (χ4v) is 2.08. The van der Waals surface area contributed by atoms with E-state index in [0.717, 1.165) is 0 Å². The number of hydrazine groups is 1. The summed E-state index contributed by atoms with van der Waals surface area (Å²) in [6.45, 7) is 2.93. The van der Waals surface area contributed by atoms with Crippen molar-refractivity contribution in [2.45, 2.75) is 26.1 Å². The lowest BCUT2D eigenvalue weighted by Crippen LogP contribution is -2.50. The van der Waals surface area contributed by atoms with E-state index in [9.17, 15) is 14.0 Å². The summed E-state index contributed by atoms with van der Waals surface area (Å²) in [7, 11) is 0. The Hall–Kier alpha value is -2.80. The SMILES string of the molecule is C[C@H](Oc1ccccc1Cl)C(=O)NNC(=O)[C@@H](C)Oc1ccccc1F. The molecule has 8 heteroatoms. The third-order valence-corrected chi connectivity index (χ3v) is 3.64. The van der Waals surface area contributed by atoms with Crippen LogP contribution < -0.4 is 20.3 Å². The molecular formula is C18H18ClFN2O4. The van der Waals surface area contributed by atoms with Gasteiger partial charge in [0.25, 0.3) is 11.8 Å². The van der Waals surface area contributed by atoms with Crippen molar-refractivity contribution >= 4 is 23.4 Å². The van der Waals surface area contributed by atoms with Crippen molar-refractivity contribution in [1.82, 2.24) is 10.9 Å². The van der Waals surface area contributed by atoms with Crippen LogP contribution in [0.1, 0.15) is 13.8 Å². The molecule has 2 N–H and O–H groups in total. The Labute approximate surface area is 155 Å². The summed E-state index contributed by atoms with van der Waals surface area (Å²) in [5.74, 6) is -1.53. The third-order valence-electron chi connectivity index (χ3n) is 3.33. The molecule has 0 spiro atoms. The van der Waals surface area contributed by atoms with E-state index in [-0.39, 0.29) is 5.75 Å². The van der Waals surface area contributed by atoms with Gasteiger partial charge in [-0.05, 0) is 38.1 Å². The highest BCUT2D eigenvalue weighted by Crippen LogP contribution is 2.24. The highest BCUT2D eigenvalue weighted by atomic mass is 35.5. The fraction of sp³-hybridized carbons (Fsp3) is 0.222. The molecule has 2 aromatic rings. The molecule has 0 aromatic heterocycles. The number of para-hydroxylation sites is 2. The summed E-state index contributed by atoms with van der Waals surface area (Å²) < 4.78 is 24.2. The largest absolute Gasteiger partial charge is 0.479 e. The molecule has 0 saturated carbocycles. The molecule has 138 valence electrons. The second-order valence-corrected chi connectivity index (χ2v) is 5.77. The minimum atomic E-state index is -1.02. The summed E-state index contributed by atoms with van der Waals surface area (Å²) in [4.78, 5) is 24.0. The molecule has 0 aliphatic carbocycles. The summed E-state index contributed by atoms with van der Waals surface area (Å²) in [5.41, 5.74) is 4.43. The van der Waals surface area contributed by atoms with Gasteiger partial charge >= 0.3 is 0 Å². The van der Waals surface area contributed by atoms with Crippen LogP contribution in [0.3, 0.4) is 0 Å². The molecule has 0 aliphatic heterocycles. The first-order valence-corrected chi connectivity index (χ1v) is 8.18. The van der Waals surface area contributed by atoms with Crippen molar-refractivity contribution in [3.05, 3.63) is 59.4 Å². The number of rotatable bonds is 6. The maximum Gasteiger partial charge on any atom is 0.279 e. The van der Waals surface area contributed by atoms with Crippen molar-refractivity contribution in [3.8, 4) is 11.5 Å². The van der Waals surface area contributed by atoms with Gasteiger partial charge < -0.3 is 9.47 Å². The standard InChI is InChI=1S/C18H18ClFN2O4/c1-11(25-15-9-5-3-7-13(15)19)17(23)21-22-18(24)12(2)26-16-10-6-4-8-14(16)20/h3-12H,1-2H3,(H,21,23)(H,22,24)/t11-,12+/m0/s1. The first kappa shape index (κ1) is 19.5. The van der Waals surface area contributed by atoms with Crippen LogP contribution in [-0.4, -0.2) is 24.0 Å². The Morgan fingerprint density at radius 3 is 1.88 bits per heavy atom. The van der Waals surface area contributed by atoms with Gasteiger partial charge in [0.1, 0.15) is 5.75 Å². The fourth-order valence-electron chi connectivity index (χ4n) is 1.90. The van der Waals surface area contributed by atoms with Crippen molar-refractivity contribution < 1.29 is 23.5 Å². The van der Waals surface area contributed by atoms with Crippen LogP contribution in [0, 0.1) is 5.82 Å². The average Bonchev–Trinajstić information content (AvgIpc) is 2.63. The van der Waals surface area contributed by atoms with Gasteiger partial charge in [0, 0.05) is 0 Å². The van der Waals surface area contributed by atoms with E-state index in [4.69, 9.17) is 21.1 Å². The Bertz CT molecular complexity index is 722. The molecule has 0 saturated heterocycles. The van der Waals surface area contributed by atoms with E-state index in [0.29, 0.717) is 10.8 Å². The van der Waals surface area contributed by atoms with Crippen LogP contribution >= 0.6 is 11.6 Å². The van der Waals surface area contributed by atoms with Crippen LogP contribution in [0.25, 0.3) is 0 Å². The van der Waals surface area contributed by atoms with Gasteiger partial charge in [0.15, 0.2) is 23.8 Å². The molecule has 0 unspecified atom stereocenters. The van der Waals surface area contributed by atoms with Crippen LogP contribution in [0.15, 0.2) is 48.5 Å². The topological polar surface area (TPSA) is 76.7 Å². The summed E-state index contributed by atoms with van der Waals surface area (Å²) >= 11 is 5.96. The van der Waals surface area contributed by atoms with E-state index in [1.807, 2.05) is 0 Å². The van der Waals surface area contributed by atoms with Crippen molar-refractivity contribution in [2.24, 2.45) is 0 Å². The summed E-state index contributed by atoms with van der Waals surface area (Å²) in [6.07, 6.45) is -1.93. The molecule has 2 rings (SSSR count). The van der Waals surface area contributed by atoms with E-state index in [1.165, 1.54) is 32.0 Å². The van der Waals surface area contributed by atoms with Gasteiger partial charge in [-0.25, -0.2) is 4.39 Å². The minimum absolute atomic E-state index is 0.0584. The summed E-state index contributed by atoms with van der Waals surface area (Å²) in [6, 6.07) is 12.4. The zero-order chi connectivity index (χ0) is 19.1. The molecule has 2 amide bonds. The van der Waals surface area contributed by atoms with Gasteiger partial charge in [-0.1, -0.05) is 35.9 Å². The maximum absolute atomic E-state index is 13.5. The van der Waals surface area contributed by atoms with Crippen molar-refractivity contribution in [1.29, 1.82) is 0 Å². The van der Waals surface area contributed by atoms with E-state index < -0.39 is 29.8 Å². The molecule has 6 nitrogen and oxygen atoms in total. The minimum Gasteiger partial charge on any atom is -0.479 e. The molecule has 0 aliphatic rings. The van der Waals surface area contributed by atoms with Gasteiger partial charge in [0.05, 0.1) is 5.02 Å². The monoisotopic (exact) mass is 380 g/mol. The van der Waals surface area contributed by atoms with E-state index >= 15 is 0 Å². The molecular weight excluding hydrogens is 363 g/mol. The predicted molar refractivity (Wildman–Crippen MR) is 94.3 cm³/mol. The number of amides is 2. The number of benzene rings is 2. The zero-order valence-corrected chi connectivity index (χ0v) is 14.9. The van der Waals surface area contributed by atoms with Gasteiger partial charge in [-0.15, -0.1) is 0 Å². The molecule has 0 fully saturated rings. The van der Waals surface area contributed by atoms with Crippen molar-refractivity contribution in [3.63, 3.8) is 0 Å². The maximum atomic E-state index is 13.5. The van der Waals surface area contributed by atoms with E-state index in [2.05, 4.69) is 10.9 Å². The Kier molecular flexibility index (Phi) is 6.80. The number of nitrogens with one attached hydrogen (secondary N) is 2. The smallest absolute Gasteiger partial charge is 0.279 e. The highest BCUT2D eigenvalue weighted by Gasteiger charge is 2.20. The lowest BCUT2D eigenvalue weighted by molar-refractivity contribution is -0.135. The first-order chi connectivity index (χ1) is 12.4. The third kappa shape index (κ3) is 5.35. The molecule has 2 aromatic carbocycles. The number of carbonyl (C=O) groups excluding carboxylic acids is 2. The van der Waals surface area contributed by atoms with Crippen LogP contribution in [0.2, 0.25) is 5.02 Å². The molecule has 0 heterocycles. The van der Waals surface area contributed by atoms with Gasteiger partial charge in [-0.3, -0.25) is 20.4 Å². The molecule has 0 bridgehead atoms. The van der Waals surface area contributed by atoms with Crippen LogP contribution in [-0.2, 0) is 9.59 Å². The Morgan fingerprint density at radius 2 is 1.35 bits per heavy atom.